The van der Waals surface area contributed by atoms with Crippen LogP contribution >= 0.6 is 0 Å². The fraction of sp³-hybridized carbons (Fsp3) is 0.886. The Morgan fingerprint density at radius 1 is 0.818 bits per heavy atom. The van der Waals surface area contributed by atoms with Crippen molar-refractivity contribution in [3.05, 3.63) is 0 Å². The van der Waals surface area contributed by atoms with Crippen LogP contribution in [0.3, 0.4) is 0 Å². The molecule has 44 heavy (non-hydrogen) atoms. The molecular weight excluding hydrogens is 564 g/mol. The first-order valence-electron chi connectivity index (χ1n) is 16.9. The number of rotatable bonds is 10. The van der Waals surface area contributed by atoms with Crippen LogP contribution in [0, 0.1) is 52.3 Å². The van der Waals surface area contributed by atoms with Crippen LogP contribution < -0.4 is 0 Å². The molecule has 0 saturated heterocycles. The molecule has 0 bridgehead atoms. The largest absolute Gasteiger partial charge is 0.463 e. The lowest BCUT2D eigenvalue weighted by atomic mass is 9.43. The van der Waals surface area contributed by atoms with Gasteiger partial charge in [-0.1, -0.05) is 34.6 Å². The zero-order valence-corrected chi connectivity index (χ0v) is 28.4. The molecule has 250 valence electrons. The minimum absolute atomic E-state index is 0.0422. The first-order chi connectivity index (χ1) is 20.6. The molecule has 9 heteroatoms. The van der Waals surface area contributed by atoms with Gasteiger partial charge in [0.15, 0.2) is 0 Å². The van der Waals surface area contributed by atoms with Crippen molar-refractivity contribution >= 4 is 23.9 Å². The van der Waals surface area contributed by atoms with Crippen molar-refractivity contribution in [2.75, 3.05) is 7.11 Å². The SMILES string of the molecule is COC(OC(=O)CCC(C)C1CCC2C3C(OC(C)=O)CC4CC(OC(C)=O)CCC4(C)C3CC(OC(C)=O)C12C)C(C)C. The molecule has 0 N–H and O–H groups in total. The number of carbonyl (C=O) groups excluding carboxylic acids is 4. The lowest BCUT2D eigenvalue weighted by Crippen LogP contribution is -2.63. The summed E-state index contributed by atoms with van der Waals surface area (Å²) in [4.78, 5) is 49.6. The van der Waals surface area contributed by atoms with Crippen LogP contribution in [-0.2, 0) is 42.9 Å². The number of esters is 4. The molecule has 0 spiro atoms. The monoisotopic (exact) mass is 620 g/mol. The van der Waals surface area contributed by atoms with Gasteiger partial charge in [0.05, 0.1) is 0 Å². The molecule has 4 aliphatic carbocycles. The van der Waals surface area contributed by atoms with E-state index in [-0.39, 0.29) is 94.4 Å². The number of hydrogen-bond donors (Lipinski definition) is 0. The van der Waals surface area contributed by atoms with Gasteiger partial charge >= 0.3 is 23.9 Å². The summed E-state index contributed by atoms with van der Waals surface area (Å²) in [5, 5.41) is 0. The Kier molecular flexibility index (Phi) is 10.8. The average Bonchev–Trinajstić information content (AvgIpc) is 3.28. The van der Waals surface area contributed by atoms with Crippen LogP contribution in [0.5, 0.6) is 0 Å². The Hall–Kier alpha value is -2.16. The number of hydrogen-bond acceptors (Lipinski definition) is 9. The molecule has 4 rings (SSSR count). The van der Waals surface area contributed by atoms with E-state index in [0.717, 1.165) is 44.9 Å². The predicted molar refractivity (Wildman–Crippen MR) is 163 cm³/mol. The molecule has 12 unspecified atom stereocenters. The smallest absolute Gasteiger partial charge is 0.308 e. The highest BCUT2D eigenvalue weighted by Gasteiger charge is 2.67. The van der Waals surface area contributed by atoms with Crippen LogP contribution in [0.25, 0.3) is 0 Å². The highest BCUT2D eigenvalue weighted by molar-refractivity contribution is 5.69. The quantitative estimate of drug-likeness (QED) is 0.159. The van der Waals surface area contributed by atoms with Gasteiger partial charge in [0.1, 0.15) is 18.3 Å². The molecule has 0 radical (unpaired) electrons. The fourth-order valence-electron chi connectivity index (χ4n) is 10.3. The van der Waals surface area contributed by atoms with Crippen LogP contribution in [0.15, 0.2) is 0 Å². The lowest BCUT2D eigenvalue weighted by Gasteiger charge is -2.64. The third kappa shape index (κ3) is 6.82. The van der Waals surface area contributed by atoms with Crippen molar-refractivity contribution in [3.63, 3.8) is 0 Å². The summed E-state index contributed by atoms with van der Waals surface area (Å²) in [6, 6.07) is 0. The predicted octanol–water partition coefficient (Wildman–Crippen LogP) is 6.25. The zero-order valence-electron chi connectivity index (χ0n) is 28.4. The van der Waals surface area contributed by atoms with E-state index < -0.39 is 6.29 Å². The van der Waals surface area contributed by atoms with Crippen molar-refractivity contribution < 1.29 is 42.9 Å². The zero-order chi connectivity index (χ0) is 32.6. The molecule has 9 nitrogen and oxygen atoms in total. The van der Waals surface area contributed by atoms with Crippen molar-refractivity contribution in [3.8, 4) is 0 Å². The first kappa shape index (κ1) is 34.7. The van der Waals surface area contributed by atoms with E-state index in [0.29, 0.717) is 12.8 Å². The normalized spacial score (nSPS) is 39.2. The molecular formula is C35H56O9. The number of fused-ring (bicyclic) bond motifs is 5. The summed E-state index contributed by atoms with van der Waals surface area (Å²) in [7, 11) is 1.55. The third-order valence-corrected chi connectivity index (χ3v) is 12.2. The van der Waals surface area contributed by atoms with Crippen LogP contribution in [0.1, 0.15) is 113 Å². The maximum absolute atomic E-state index is 12.7. The lowest BCUT2D eigenvalue weighted by molar-refractivity contribution is -0.224. The van der Waals surface area contributed by atoms with Gasteiger partial charge in [0.25, 0.3) is 0 Å². The molecule has 0 aromatic heterocycles. The molecule has 4 fully saturated rings. The van der Waals surface area contributed by atoms with Crippen molar-refractivity contribution in [1.29, 1.82) is 0 Å². The van der Waals surface area contributed by atoms with Crippen molar-refractivity contribution in [1.82, 2.24) is 0 Å². The van der Waals surface area contributed by atoms with E-state index in [4.69, 9.17) is 23.7 Å². The Balaban J connectivity index is 1.61. The van der Waals surface area contributed by atoms with Crippen LogP contribution in [0.2, 0.25) is 0 Å². The van der Waals surface area contributed by atoms with E-state index in [2.05, 4.69) is 20.8 Å². The van der Waals surface area contributed by atoms with Crippen molar-refractivity contribution in [2.24, 2.45) is 52.3 Å². The van der Waals surface area contributed by atoms with E-state index in [1.165, 1.54) is 20.8 Å². The van der Waals surface area contributed by atoms with Crippen LogP contribution in [0.4, 0.5) is 0 Å². The molecule has 0 amide bonds. The van der Waals surface area contributed by atoms with Gasteiger partial charge in [-0.3, -0.25) is 19.2 Å². The van der Waals surface area contributed by atoms with E-state index in [1.54, 1.807) is 7.11 Å². The van der Waals surface area contributed by atoms with E-state index in [9.17, 15) is 19.2 Å². The minimum atomic E-state index is -0.561. The molecule has 0 aromatic carbocycles. The highest BCUT2D eigenvalue weighted by Crippen LogP contribution is 2.69. The average molecular weight is 621 g/mol. The Morgan fingerprint density at radius 2 is 1.48 bits per heavy atom. The van der Waals surface area contributed by atoms with E-state index >= 15 is 0 Å². The third-order valence-electron chi connectivity index (χ3n) is 12.2. The van der Waals surface area contributed by atoms with Gasteiger partial charge in [-0.25, -0.2) is 0 Å². The second-order valence-electron chi connectivity index (χ2n) is 15.1. The molecule has 4 aliphatic rings. The van der Waals surface area contributed by atoms with Crippen molar-refractivity contribution in [2.45, 2.75) is 138 Å². The summed E-state index contributed by atoms with van der Waals surface area (Å²) in [5.41, 5.74) is -0.362. The molecule has 0 heterocycles. The second kappa shape index (κ2) is 13.7. The van der Waals surface area contributed by atoms with Gasteiger partial charge in [-0.15, -0.1) is 0 Å². The maximum Gasteiger partial charge on any atom is 0.308 e. The number of carbonyl (C=O) groups is 4. The summed E-state index contributed by atoms with van der Waals surface area (Å²) < 4.78 is 29.0. The maximum atomic E-state index is 12.7. The Bertz CT molecular complexity index is 1070. The number of ether oxygens (including phenoxy) is 5. The summed E-state index contributed by atoms with van der Waals surface area (Å²) in [6.45, 7) is 15.2. The van der Waals surface area contributed by atoms with Gasteiger partial charge in [0.2, 0.25) is 6.29 Å². The van der Waals surface area contributed by atoms with Crippen LogP contribution in [-0.4, -0.2) is 55.6 Å². The van der Waals surface area contributed by atoms with E-state index in [1.807, 2.05) is 13.8 Å². The summed E-state index contributed by atoms with van der Waals surface area (Å²) in [6.07, 6.45) is 5.66. The molecule has 0 aromatic rings. The highest BCUT2D eigenvalue weighted by atomic mass is 16.7. The molecule has 0 aliphatic heterocycles. The second-order valence-corrected chi connectivity index (χ2v) is 15.1. The standard InChI is InChI=1S/C35H56O9/c1-19(2)33(40-9)44-31(39)13-10-20(3)26-11-12-27-32-28(18-30(35(26,27)8)43-23(6)38)34(7)15-14-25(41-21(4)36)16-24(34)17-29(32)42-22(5)37/h19-20,24-30,32-33H,10-18H2,1-9H3. The van der Waals surface area contributed by atoms with Gasteiger partial charge in [0, 0.05) is 51.6 Å². The van der Waals surface area contributed by atoms with Gasteiger partial charge in [-0.05, 0) is 86.4 Å². The minimum Gasteiger partial charge on any atom is -0.463 e. The first-order valence-corrected chi connectivity index (χ1v) is 16.9. The number of methoxy groups -OCH3 is 1. The van der Waals surface area contributed by atoms with Gasteiger partial charge < -0.3 is 23.7 Å². The summed E-state index contributed by atoms with van der Waals surface area (Å²) >= 11 is 0. The molecule has 4 saturated carbocycles. The Labute approximate surface area is 263 Å². The Morgan fingerprint density at radius 3 is 2.07 bits per heavy atom. The summed E-state index contributed by atoms with van der Waals surface area (Å²) in [5.74, 6) is 0.225. The topological polar surface area (TPSA) is 114 Å². The molecule has 12 atom stereocenters. The fourth-order valence-corrected chi connectivity index (χ4v) is 10.3. The van der Waals surface area contributed by atoms with Gasteiger partial charge in [-0.2, -0.15) is 0 Å².